The molecule has 2 aromatic carbocycles. The lowest BCUT2D eigenvalue weighted by molar-refractivity contribution is -0.116. The van der Waals surface area contributed by atoms with Crippen molar-refractivity contribution in [2.75, 3.05) is 18.0 Å². The molecule has 1 aliphatic heterocycles. The second-order valence-electron chi connectivity index (χ2n) is 7.89. The molecule has 2 aromatic rings. The van der Waals surface area contributed by atoms with E-state index < -0.39 is 10.0 Å². The largest absolute Gasteiger partial charge is 0.312 e. The predicted octanol–water partition coefficient (Wildman–Crippen LogP) is 3.39. The molecule has 148 valence electrons. The minimum atomic E-state index is -3.61. The topological polar surface area (TPSA) is 66.5 Å². The van der Waals surface area contributed by atoms with Gasteiger partial charge in [0.25, 0.3) is 0 Å². The molecule has 0 saturated heterocycles. The molecule has 1 fully saturated rings. The summed E-state index contributed by atoms with van der Waals surface area (Å²) in [4.78, 5) is 13.7. The number of fused-ring (bicyclic) bond motifs is 1. The van der Waals surface area contributed by atoms with Crippen LogP contribution in [0.3, 0.4) is 0 Å². The summed E-state index contributed by atoms with van der Waals surface area (Å²) < 4.78 is 28.8. The maximum absolute atomic E-state index is 13.0. The van der Waals surface area contributed by atoms with Gasteiger partial charge in [0, 0.05) is 31.1 Å². The van der Waals surface area contributed by atoms with Crippen molar-refractivity contribution >= 4 is 21.6 Å². The zero-order valence-corrected chi connectivity index (χ0v) is 17.0. The van der Waals surface area contributed by atoms with Gasteiger partial charge >= 0.3 is 0 Å². The number of nitrogens with one attached hydrogen (secondary N) is 1. The van der Waals surface area contributed by atoms with Crippen LogP contribution in [0.4, 0.5) is 5.69 Å². The molecular formula is C22H26N2O3S. The van der Waals surface area contributed by atoms with E-state index in [0.717, 1.165) is 36.9 Å². The smallest absolute Gasteiger partial charge is 0.240 e. The zero-order chi connectivity index (χ0) is 19.8. The van der Waals surface area contributed by atoms with Crippen molar-refractivity contribution < 1.29 is 13.2 Å². The summed E-state index contributed by atoms with van der Waals surface area (Å²) in [7, 11) is -3.61. The van der Waals surface area contributed by atoms with Gasteiger partial charge in [-0.25, -0.2) is 13.1 Å². The maximum Gasteiger partial charge on any atom is 0.240 e. The van der Waals surface area contributed by atoms with Gasteiger partial charge in [0.05, 0.1) is 4.90 Å². The number of anilines is 1. The lowest BCUT2D eigenvalue weighted by atomic mass is 9.79. The first-order valence-corrected chi connectivity index (χ1v) is 11.4. The van der Waals surface area contributed by atoms with E-state index >= 15 is 0 Å². The summed E-state index contributed by atoms with van der Waals surface area (Å²) in [5, 5.41) is 0. The lowest BCUT2D eigenvalue weighted by Crippen LogP contribution is -2.39. The van der Waals surface area contributed by atoms with E-state index in [4.69, 9.17) is 0 Å². The molecule has 5 nitrogen and oxygen atoms in total. The van der Waals surface area contributed by atoms with Gasteiger partial charge in [-0.15, -0.1) is 0 Å². The standard InChI is InChI=1S/C22H26N2O3S/c1-17(25)24-14-11-18-15-20(9-10-21(18)24)28(26,27)23-16-22(12-5-6-13-22)19-7-3-2-4-8-19/h2-4,7-10,15,23H,5-6,11-14,16H2,1H3. The molecule has 1 amide bonds. The van der Waals surface area contributed by atoms with Crippen molar-refractivity contribution in [2.24, 2.45) is 0 Å². The highest BCUT2D eigenvalue weighted by Gasteiger charge is 2.36. The van der Waals surface area contributed by atoms with Gasteiger partial charge in [0.2, 0.25) is 15.9 Å². The Morgan fingerprint density at radius 3 is 2.50 bits per heavy atom. The molecule has 4 rings (SSSR count). The van der Waals surface area contributed by atoms with Crippen molar-refractivity contribution in [3.8, 4) is 0 Å². The van der Waals surface area contributed by atoms with Gasteiger partial charge in [0.1, 0.15) is 0 Å². The third-order valence-electron chi connectivity index (χ3n) is 6.18. The van der Waals surface area contributed by atoms with Crippen LogP contribution in [0.25, 0.3) is 0 Å². The number of nitrogens with zero attached hydrogens (tertiary/aromatic N) is 1. The summed E-state index contributed by atoms with van der Waals surface area (Å²) >= 11 is 0. The predicted molar refractivity (Wildman–Crippen MR) is 110 cm³/mol. The fourth-order valence-electron chi connectivity index (χ4n) is 4.60. The van der Waals surface area contributed by atoms with Crippen molar-refractivity contribution in [1.29, 1.82) is 0 Å². The number of benzene rings is 2. The molecule has 1 saturated carbocycles. The van der Waals surface area contributed by atoms with E-state index in [0.29, 0.717) is 19.5 Å². The van der Waals surface area contributed by atoms with E-state index in [1.165, 1.54) is 12.5 Å². The van der Waals surface area contributed by atoms with Crippen molar-refractivity contribution in [3.05, 3.63) is 59.7 Å². The Labute approximate surface area is 166 Å². The van der Waals surface area contributed by atoms with Crippen LogP contribution >= 0.6 is 0 Å². The summed E-state index contributed by atoms with van der Waals surface area (Å²) in [5.41, 5.74) is 2.82. The first kappa shape index (κ1) is 19.2. The van der Waals surface area contributed by atoms with E-state index in [9.17, 15) is 13.2 Å². The minimum Gasteiger partial charge on any atom is -0.312 e. The molecule has 0 aromatic heterocycles. The van der Waals surface area contributed by atoms with E-state index in [1.54, 1.807) is 23.1 Å². The number of sulfonamides is 1. The van der Waals surface area contributed by atoms with E-state index in [1.807, 2.05) is 18.2 Å². The van der Waals surface area contributed by atoms with E-state index in [-0.39, 0.29) is 16.2 Å². The summed E-state index contributed by atoms with van der Waals surface area (Å²) in [6, 6.07) is 15.3. The minimum absolute atomic E-state index is 0.0153. The molecule has 1 aliphatic carbocycles. The second-order valence-corrected chi connectivity index (χ2v) is 9.66. The molecule has 0 bridgehead atoms. The molecule has 0 radical (unpaired) electrons. The second kappa shape index (κ2) is 7.33. The van der Waals surface area contributed by atoms with Crippen LogP contribution in [-0.4, -0.2) is 27.4 Å². The Morgan fingerprint density at radius 2 is 1.82 bits per heavy atom. The molecule has 28 heavy (non-hydrogen) atoms. The van der Waals surface area contributed by atoms with Crippen LogP contribution in [0.15, 0.2) is 53.4 Å². The molecule has 1 N–H and O–H groups in total. The Morgan fingerprint density at radius 1 is 1.11 bits per heavy atom. The van der Waals surface area contributed by atoms with Crippen LogP contribution in [0.2, 0.25) is 0 Å². The number of rotatable bonds is 5. The number of hydrogen-bond donors (Lipinski definition) is 1. The van der Waals surface area contributed by atoms with Gasteiger partial charge in [-0.3, -0.25) is 4.79 Å². The average Bonchev–Trinajstić information content (AvgIpc) is 3.34. The number of hydrogen-bond acceptors (Lipinski definition) is 3. The Balaban J connectivity index is 1.56. The van der Waals surface area contributed by atoms with Crippen LogP contribution in [0.1, 0.15) is 43.7 Å². The first-order valence-electron chi connectivity index (χ1n) is 9.88. The highest BCUT2D eigenvalue weighted by molar-refractivity contribution is 7.89. The zero-order valence-electron chi connectivity index (χ0n) is 16.1. The van der Waals surface area contributed by atoms with Gasteiger partial charge in [0.15, 0.2) is 0 Å². The lowest BCUT2D eigenvalue weighted by Gasteiger charge is -2.30. The van der Waals surface area contributed by atoms with Gasteiger partial charge in [-0.1, -0.05) is 43.2 Å². The van der Waals surface area contributed by atoms with Gasteiger partial charge in [-0.2, -0.15) is 0 Å². The van der Waals surface area contributed by atoms with Crippen LogP contribution in [0, 0.1) is 0 Å². The fourth-order valence-corrected chi connectivity index (χ4v) is 5.78. The molecule has 2 aliphatic rings. The van der Waals surface area contributed by atoms with E-state index in [2.05, 4.69) is 16.9 Å². The average molecular weight is 399 g/mol. The quantitative estimate of drug-likeness (QED) is 0.840. The van der Waals surface area contributed by atoms with Gasteiger partial charge < -0.3 is 4.90 Å². The summed E-state index contributed by atoms with van der Waals surface area (Å²) in [5.74, 6) is -0.0153. The third kappa shape index (κ3) is 3.47. The monoisotopic (exact) mass is 398 g/mol. The normalized spacial score (nSPS) is 18.2. The van der Waals surface area contributed by atoms with Crippen LogP contribution in [0.5, 0.6) is 0 Å². The van der Waals surface area contributed by atoms with Crippen LogP contribution < -0.4 is 9.62 Å². The van der Waals surface area contributed by atoms with Crippen molar-refractivity contribution in [1.82, 2.24) is 4.72 Å². The Bertz CT molecular complexity index is 980. The van der Waals surface area contributed by atoms with Crippen molar-refractivity contribution in [2.45, 2.75) is 49.3 Å². The Hall–Kier alpha value is -2.18. The number of carbonyl (C=O) groups excluding carboxylic acids is 1. The Kier molecular flexibility index (Phi) is 5.02. The van der Waals surface area contributed by atoms with Crippen molar-refractivity contribution in [3.63, 3.8) is 0 Å². The summed E-state index contributed by atoms with van der Waals surface area (Å²) in [6.45, 7) is 2.56. The number of carbonyl (C=O) groups is 1. The maximum atomic E-state index is 13.0. The highest BCUT2D eigenvalue weighted by atomic mass is 32.2. The molecule has 0 unspecified atom stereocenters. The molecule has 0 atom stereocenters. The first-order chi connectivity index (χ1) is 13.4. The summed E-state index contributed by atoms with van der Waals surface area (Å²) in [6.07, 6.45) is 4.92. The third-order valence-corrected chi connectivity index (χ3v) is 7.58. The molecular weight excluding hydrogens is 372 g/mol. The molecule has 6 heteroatoms. The molecule has 0 spiro atoms. The highest BCUT2D eigenvalue weighted by Crippen LogP contribution is 2.41. The van der Waals surface area contributed by atoms with Gasteiger partial charge in [-0.05, 0) is 48.6 Å². The SMILES string of the molecule is CC(=O)N1CCc2cc(S(=O)(=O)NCC3(c4ccccc4)CCCC3)ccc21. The number of amides is 1. The fraction of sp³-hybridized carbons (Fsp3) is 0.409. The molecule has 1 heterocycles. The van der Waals surface area contributed by atoms with Crippen LogP contribution in [-0.2, 0) is 26.7 Å².